The molecule has 0 saturated heterocycles. The molecule has 0 spiro atoms. The standard InChI is InChI=1S/C5H8O2.2C3H5.Rh/c1-4(6)3-5(2)7;2*1-3-2;/h3,6H,1-2H3;2*3H,1-2H2;/b4-3-;;;. The van der Waals surface area contributed by atoms with E-state index < -0.39 is 0 Å². The van der Waals surface area contributed by atoms with Crippen molar-refractivity contribution in [3.05, 3.63) is 52.4 Å². The molecule has 0 aromatic heterocycles. The van der Waals surface area contributed by atoms with E-state index in [9.17, 15) is 4.79 Å². The first-order valence-electron chi connectivity index (χ1n) is 3.64. The molecule has 83 valence electrons. The van der Waals surface area contributed by atoms with E-state index in [-0.39, 0.29) is 31.0 Å². The summed E-state index contributed by atoms with van der Waals surface area (Å²) in [6, 6.07) is 0. The van der Waals surface area contributed by atoms with Gasteiger partial charge in [-0.05, 0) is 54.4 Å². The van der Waals surface area contributed by atoms with E-state index >= 15 is 0 Å². The van der Waals surface area contributed by atoms with Crippen molar-refractivity contribution in [3.63, 3.8) is 0 Å². The van der Waals surface area contributed by atoms with E-state index in [1.54, 1.807) is 0 Å². The summed E-state index contributed by atoms with van der Waals surface area (Å²) in [6.07, 6.45) is 4.17. The number of carbonyl (C=O) groups is 1. The molecule has 2 nitrogen and oxygen atoms in total. The van der Waals surface area contributed by atoms with Crippen LogP contribution in [-0.2, 0) is 24.3 Å². The van der Waals surface area contributed by atoms with Crippen molar-refractivity contribution in [2.75, 3.05) is 0 Å². The summed E-state index contributed by atoms with van der Waals surface area (Å²) in [7, 11) is 0. The van der Waals surface area contributed by atoms with Gasteiger partial charge < -0.3 is 5.11 Å². The van der Waals surface area contributed by atoms with Gasteiger partial charge in [0.05, 0.1) is 5.76 Å². The van der Waals surface area contributed by atoms with Crippen LogP contribution in [0.3, 0.4) is 0 Å². The molecule has 0 aromatic rings. The van der Waals surface area contributed by atoms with Crippen LogP contribution in [-0.4, -0.2) is 10.9 Å². The van der Waals surface area contributed by atoms with Gasteiger partial charge in [0.25, 0.3) is 0 Å². The summed E-state index contributed by atoms with van der Waals surface area (Å²) in [4.78, 5) is 10.0. The number of hydrogen-bond donors (Lipinski definition) is 1. The topological polar surface area (TPSA) is 37.3 Å². The fraction of sp³-hybridized carbons (Fsp3) is 0.182. The summed E-state index contributed by atoms with van der Waals surface area (Å²) in [5.41, 5.74) is 0. The second-order valence-corrected chi connectivity index (χ2v) is 1.97. The molecule has 3 heteroatoms. The van der Waals surface area contributed by atoms with Crippen LogP contribution in [0.5, 0.6) is 0 Å². The fourth-order valence-corrected chi connectivity index (χ4v) is 0.294. The van der Waals surface area contributed by atoms with Crippen LogP contribution in [0.25, 0.3) is 0 Å². The molecule has 0 amide bonds. The molecule has 0 unspecified atom stereocenters. The van der Waals surface area contributed by atoms with Crippen molar-refractivity contribution in [1.82, 2.24) is 0 Å². The second-order valence-electron chi connectivity index (χ2n) is 1.97. The Bertz CT molecular complexity index is 125. The largest absolute Gasteiger partial charge is 0.512 e. The third kappa shape index (κ3) is 94.5. The fourth-order valence-electron chi connectivity index (χ4n) is 0.294. The molecule has 0 rings (SSSR count). The second kappa shape index (κ2) is 23.0. The van der Waals surface area contributed by atoms with Crippen molar-refractivity contribution >= 4 is 5.78 Å². The van der Waals surface area contributed by atoms with Gasteiger partial charge in [0.2, 0.25) is 0 Å². The molecule has 0 aliphatic carbocycles. The molecule has 0 saturated carbocycles. The van der Waals surface area contributed by atoms with Crippen LogP contribution in [0.15, 0.2) is 11.8 Å². The molecule has 7 radical (unpaired) electrons. The maximum atomic E-state index is 10.0. The molecule has 0 atom stereocenters. The Morgan fingerprint density at radius 3 is 1.29 bits per heavy atom. The first-order chi connectivity index (χ1) is 5.95. The van der Waals surface area contributed by atoms with Crippen molar-refractivity contribution in [3.8, 4) is 0 Å². The zero-order valence-corrected chi connectivity index (χ0v) is 10.4. The minimum absolute atomic E-state index is 0. The Morgan fingerprint density at radius 2 is 1.29 bits per heavy atom. The number of hydrogen-bond acceptors (Lipinski definition) is 2. The molecule has 0 aliphatic heterocycles. The molecule has 0 fully saturated rings. The van der Waals surface area contributed by atoms with Gasteiger partial charge in [0, 0.05) is 25.6 Å². The molecule has 0 heterocycles. The number of carbonyl (C=O) groups excluding carboxylic acids is 1. The number of allylic oxidation sites excluding steroid dienone is 2. The number of aliphatic hydroxyl groups excluding tert-OH is 1. The zero-order valence-electron chi connectivity index (χ0n) is 8.75. The van der Waals surface area contributed by atoms with Crippen LogP contribution in [0.2, 0.25) is 0 Å². The molecule has 1 N–H and O–H groups in total. The molecular formula is C11H18O2Rh. The van der Waals surface area contributed by atoms with Gasteiger partial charge >= 0.3 is 0 Å². The average Bonchev–Trinajstić information content (AvgIpc) is 1.86. The van der Waals surface area contributed by atoms with Crippen LogP contribution >= 0.6 is 0 Å². The van der Waals surface area contributed by atoms with Crippen LogP contribution < -0.4 is 0 Å². The summed E-state index contributed by atoms with van der Waals surface area (Å²) in [6.45, 7) is 15.8. The smallest absolute Gasteiger partial charge is 0.155 e. The average molecular weight is 285 g/mol. The third-order valence-corrected chi connectivity index (χ3v) is 0.412. The molecule has 0 aromatic carbocycles. The molecule has 0 aliphatic rings. The van der Waals surface area contributed by atoms with E-state index in [0.717, 1.165) is 0 Å². The third-order valence-electron chi connectivity index (χ3n) is 0.412. The van der Waals surface area contributed by atoms with Gasteiger partial charge in [-0.25, -0.2) is 0 Å². The number of rotatable bonds is 1. The van der Waals surface area contributed by atoms with Crippen molar-refractivity contribution < 1.29 is 29.4 Å². The van der Waals surface area contributed by atoms with Gasteiger partial charge in [-0.3, -0.25) is 4.79 Å². The Morgan fingerprint density at radius 1 is 1.07 bits per heavy atom. The normalized spacial score (nSPS) is 8.29. The van der Waals surface area contributed by atoms with Gasteiger partial charge in [-0.2, -0.15) is 0 Å². The minimum Gasteiger partial charge on any atom is -0.512 e. The van der Waals surface area contributed by atoms with E-state index in [2.05, 4.69) is 27.7 Å². The predicted molar refractivity (Wildman–Crippen MR) is 57.1 cm³/mol. The predicted octanol–water partition coefficient (Wildman–Crippen LogP) is 2.75. The zero-order chi connectivity index (χ0) is 11.3. The van der Waals surface area contributed by atoms with E-state index in [0.29, 0.717) is 0 Å². The summed E-state index contributed by atoms with van der Waals surface area (Å²) >= 11 is 0. The quantitative estimate of drug-likeness (QED) is 0.457. The first kappa shape index (κ1) is 23.6. The Kier molecular flexibility index (Phi) is 38.8. The maximum absolute atomic E-state index is 10.0. The van der Waals surface area contributed by atoms with E-state index in [1.807, 2.05) is 0 Å². The molecular weight excluding hydrogens is 267 g/mol. The Balaban J connectivity index is -0.0000000610. The maximum Gasteiger partial charge on any atom is 0.155 e. The minimum atomic E-state index is -0.125. The summed E-state index contributed by atoms with van der Waals surface area (Å²) in [5, 5.41) is 8.36. The van der Waals surface area contributed by atoms with Crippen molar-refractivity contribution in [2.45, 2.75) is 13.8 Å². The van der Waals surface area contributed by atoms with Crippen molar-refractivity contribution in [2.24, 2.45) is 0 Å². The van der Waals surface area contributed by atoms with Crippen LogP contribution in [0, 0.1) is 40.5 Å². The first-order valence-corrected chi connectivity index (χ1v) is 3.64. The van der Waals surface area contributed by atoms with E-state index in [4.69, 9.17) is 5.11 Å². The van der Waals surface area contributed by atoms with Gasteiger partial charge in [0.1, 0.15) is 0 Å². The molecule has 14 heavy (non-hydrogen) atoms. The summed E-state index contributed by atoms with van der Waals surface area (Å²) < 4.78 is 0. The number of ketones is 1. The van der Waals surface area contributed by atoms with E-state index in [1.165, 1.54) is 32.8 Å². The SMILES string of the molecule is CC(=O)/C=C(/C)O.[CH2][CH][CH2].[CH2][CH][CH2].[Rh]. The van der Waals surface area contributed by atoms with Gasteiger partial charge in [-0.15, -0.1) is 0 Å². The summed E-state index contributed by atoms with van der Waals surface area (Å²) in [5.74, 6) is -0.0625. The Labute approximate surface area is 102 Å². The molecule has 0 bridgehead atoms. The Hall–Kier alpha value is -0.167. The van der Waals surface area contributed by atoms with Gasteiger partial charge in [-0.1, -0.05) is 0 Å². The van der Waals surface area contributed by atoms with Crippen molar-refractivity contribution in [1.29, 1.82) is 0 Å². The monoisotopic (exact) mass is 285 g/mol. The van der Waals surface area contributed by atoms with Crippen LogP contribution in [0.1, 0.15) is 13.8 Å². The van der Waals surface area contributed by atoms with Gasteiger partial charge in [0.15, 0.2) is 5.78 Å². The number of aliphatic hydroxyl groups is 1. The van der Waals surface area contributed by atoms with Crippen LogP contribution in [0.4, 0.5) is 0 Å².